The van der Waals surface area contributed by atoms with Crippen LogP contribution in [0.3, 0.4) is 0 Å². The van der Waals surface area contributed by atoms with E-state index in [1.807, 2.05) is 24.3 Å². The van der Waals surface area contributed by atoms with E-state index in [0.29, 0.717) is 12.3 Å². The van der Waals surface area contributed by atoms with Crippen molar-refractivity contribution in [2.24, 2.45) is 0 Å². The summed E-state index contributed by atoms with van der Waals surface area (Å²) in [6, 6.07) is 7.34. The standard InChI is InChI=1S/C17H26BrN3O2S/c1-4-21(5-2)10-9-19-17(23)16(20-13(3)22)12-24-15-8-6-7-14(18)11-15/h6-8,11,16H,4-5,9-10,12H2,1-3H3,(H,19,23)(H,20,22). The lowest BCUT2D eigenvalue weighted by Crippen LogP contribution is -2.49. The predicted octanol–water partition coefficient (Wildman–Crippen LogP) is 2.50. The molecule has 1 rings (SSSR count). The van der Waals surface area contributed by atoms with Gasteiger partial charge in [0, 0.05) is 35.1 Å². The van der Waals surface area contributed by atoms with Gasteiger partial charge in [-0.15, -0.1) is 11.8 Å². The minimum absolute atomic E-state index is 0.139. The van der Waals surface area contributed by atoms with Gasteiger partial charge in [0.25, 0.3) is 0 Å². The minimum Gasteiger partial charge on any atom is -0.353 e. The third-order valence-electron chi connectivity index (χ3n) is 3.53. The maximum atomic E-state index is 12.4. The molecular weight excluding hydrogens is 390 g/mol. The minimum atomic E-state index is -0.539. The molecule has 1 aromatic carbocycles. The summed E-state index contributed by atoms with van der Waals surface area (Å²) in [7, 11) is 0. The summed E-state index contributed by atoms with van der Waals surface area (Å²) in [5.41, 5.74) is 0. The van der Waals surface area contributed by atoms with E-state index < -0.39 is 6.04 Å². The van der Waals surface area contributed by atoms with Crippen molar-refractivity contribution in [3.05, 3.63) is 28.7 Å². The van der Waals surface area contributed by atoms with Gasteiger partial charge in [-0.2, -0.15) is 0 Å². The van der Waals surface area contributed by atoms with Gasteiger partial charge >= 0.3 is 0 Å². The Balaban J connectivity index is 2.53. The van der Waals surface area contributed by atoms with Gasteiger partial charge in [0.1, 0.15) is 6.04 Å². The molecule has 0 saturated carbocycles. The van der Waals surface area contributed by atoms with E-state index in [1.165, 1.54) is 6.92 Å². The maximum absolute atomic E-state index is 12.4. The highest BCUT2D eigenvalue weighted by Gasteiger charge is 2.19. The SMILES string of the molecule is CCN(CC)CCNC(=O)C(CSc1cccc(Br)c1)NC(C)=O. The first-order chi connectivity index (χ1) is 11.5. The molecule has 0 heterocycles. The molecule has 0 aliphatic carbocycles. The number of nitrogens with one attached hydrogen (secondary N) is 2. The first-order valence-electron chi connectivity index (χ1n) is 8.11. The number of amides is 2. The Morgan fingerprint density at radius 2 is 2.00 bits per heavy atom. The van der Waals surface area contributed by atoms with Crippen LogP contribution in [0.5, 0.6) is 0 Å². The summed E-state index contributed by atoms with van der Waals surface area (Å²) < 4.78 is 0.993. The van der Waals surface area contributed by atoms with E-state index in [9.17, 15) is 9.59 Å². The number of thioether (sulfide) groups is 1. The molecule has 0 aliphatic heterocycles. The molecule has 2 amide bonds. The Morgan fingerprint density at radius 1 is 1.29 bits per heavy atom. The molecule has 5 nitrogen and oxygen atoms in total. The number of nitrogens with zero attached hydrogens (tertiary/aromatic N) is 1. The van der Waals surface area contributed by atoms with Crippen LogP contribution in [0.1, 0.15) is 20.8 Å². The van der Waals surface area contributed by atoms with Gasteiger partial charge in [-0.25, -0.2) is 0 Å². The van der Waals surface area contributed by atoms with Crippen LogP contribution in [-0.4, -0.2) is 54.7 Å². The Hall–Kier alpha value is -1.05. The number of hydrogen-bond donors (Lipinski definition) is 2. The molecule has 1 atom stereocenters. The number of benzene rings is 1. The van der Waals surface area contributed by atoms with Crippen molar-refractivity contribution in [2.45, 2.75) is 31.7 Å². The zero-order valence-corrected chi connectivity index (χ0v) is 16.9. The van der Waals surface area contributed by atoms with E-state index >= 15 is 0 Å². The van der Waals surface area contributed by atoms with Crippen LogP contribution in [-0.2, 0) is 9.59 Å². The molecule has 134 valence electrons. The molecule has 0 aromatic heterocycles. The van der Waals surface area contributed by atoms with Gasteiger partial charge in [-0.1, -0.05) is 35.8 Å². The fourth-order valence-electron chi connectivity index (χ4n) is 2.16. The molecule has 1 unspecified atom stereocenters. The lowest BCUT2D eigenvalue weighted by molar-refractivity contribution is -0.127. The summed E-state index contributed by atoms with van der Waals surface area (Å²) >= 11 is 4.98. The van der Waals surface area contributed by atoms with E-state index in [1.54, 1.807) is 11.8 Å². The smallest absolute Gasteiger partial charge is 0.243 e. The molecule has 7 heteroatoms. The number of rotatable bonds is 10. The number of likely N-dealkylation sites (N-methyl/N-ethyl adjacent to an activating group) is 1. The third-order valence-corrected chi connectivity index (χ3v) is 5.11. The Morgan fingerprint density at radius 3 is 2.58 bits per heavy atom. The van der Waals surface area contributed by atoms with Crippen molar-refractivity contribution in [2.75, 3.05) is 31.9 Å². The molecule has 0 radical (unpaired) electrons. The van der Waals surface area contributed by atoms with Crippen LogP contribution in [0, 0.1) is 0 Å². The Bertz CT molecular complexity index is 538. The van der Waals surface area contributed by atoms with Crippen molar-refractivity contribution >= 4 is 39.5 Å². The fraction of sp³-hybridized carbons (Fsp3) is 0.529. The van der Waals surface area contributed by atoms with Gasteiger partial charge in [0.05, 0.1) is 0 Å². The van der Waals surface area contributed by atoms with Gasteiger partial charge in [-0.05, 0) is 31.3 Å². The second-order valence-electron chi connectivity index (χ2n) is 5.34. The molecule has 0 spiro atoms. The second-order valence-corrected chi connectivity index (χ2v) is 7.35. The van der Waals surface area contributed by atoms with Crippen LogP contribution in [0.15, 0.2) is 33.6 Å². The summed E-state index contributed by atoms with van der Waals surface area (Å²) in [5.74, 6) is 0.154. The summed E-state index contributed by atoms with van der Waals surface area (Å²) in [6.07, 6.45) is 0. The largest absolute Gasteiger partial charge is 0.353 e. The lowest BCUT2D eigenvalue weighted by Gasteiger charge is -2.20. The molecule has 1 aromatic rings. The van der Waals surface area contributed by atoms with Gasteiger partial charge < -0.3 is 15.5 Å². The van der Waals surface area contributed by atoms with E-state index in [-0.39, 0.29) is 11.8 Å². The number of halogens is 1. The Kier molecular flexibility index (Phi) is 10.1. The van der Waals surface area contributed by atoms with Crippen molar-refractivity contribution < 1.29 is 9.59 Å². The third kappa shape index (κ3) is 8.17. The number of hydrogen-bond acceptors (Lipinski definition) is 4. The zero-order chi connectivity index (χ0) is 17.9. The monoisotopic (exact) mass is 415 g/mol. The van der Waals surface area contributed by atoms with Crippen LogP contribution < -0.4 is 10.6 Å². The second kappa shape index (κ2) is 11.5. The average molecular weight is 416 g/mol. The highest BCUT2D eigenvalue weighted by atomic mass is 79.9. The molecule has 2 N–H and O–H groups in total. The van der Waals surface area contributed by atoms with Gasteiger partial charge in [0.2, 0.25) is 11.8 Å². The van der Waals surface area contributed by atoms with Crippen LogP contribution >= 0.6 is 27.7 Å². The quantitative estimate of drug-likeness (QED) is 0.576. The molecule has 0 fully saturated rings. The number of carbonyl (C=O) groups excluding carboxylic acids is 2. The molecule has 0 aliphatic rings. The lowest BCUT2D eigenvalue weighted by atomic mass is 10.3. The van der Waals surface area contributed by atoms with Crippen molar-refractivity contribution in [3.8, 4) is 0 Å². The fourth-order valence-corrected chi connectivity index (χ4v) is 3.69. The van der Waals surface area contributed by atoms with Crippen molar-refractivity contribution in [1.82, 2.24) is 15.5 Å². The summed E-state index contributed by atoms with van der Waals surface area (Å²) in [4.78, 5) is 27.0. The maximum Gasteiger partial charge on any atom is 0.243 e. The summed E-state index contributed by atoms with van der Waals surface area (Å²) in [5, 5.41) is 5.65. The van der Waals surface area contributed by atoms with E-state index in [2.05, 4.69) is 45.3 Å². The first-order valence-corrected chi connectivity index (χ1v) is 9.89. The summed E-state index contributed by atoms with van der Waals surface area (Å²) in [6.45, 7) is 8.93. The van der Waals surface area contributed by atoms with E-state index in [0.717, 1.165) is 29.0 Å². The van der Waals surface area contributed by atoms with Gasteiger partial charge in [-0.3, -0.25) is 9.59 Å². The highest BCUT2D eigenvalue weighted by Crippen LogP contribution is 2.22. The van der Waals surface area contributed by atoms with Crippen LogP contribution in [0.2, 0.25) is 0 Å². The normalized spacial score (nSPS) is 12.0. The molecule has 24 heavy (non-hydrogen) atoms. The first kappa shape index (κ1) is 21.0. The zero-order valence-electron chi connectivity index (χ0n) is 14.5. The number of carbonyl (C=O) groups is 2. The predicted molar refractivity (Wildman–Crippen MR) is 103 cm³/mol. The molecular formula is C17H26BrN3O2S. The van der Waals surface area contributed by atoms with Crippen molar-refractivity contribution in [3.63, 3.8) is 0 Å². The van der Waals surface area contributed by atoms with Crippen LogP contribution in [0.4, 0.5) is 0 Å². The van der Waals surface area contributed by atoms with Gasteiger partial charge in [0.15, 0.2) is 0 Å². The molecule has 0 bridgehead atoms. The average Bonchev–Trinajstić information content (AvgIpc) is 2.55. The topological polar surface area (TPSA) is 61.4 Å². The highest BCUT2D eigenvalue weighted by molar-refractivity contribution is 9.10. The van der Waals surface area contributed by atoms with E-state index in [4.69, 9.17) is 0 Å². The molecule has 0 saturated heterocycles. The van der Waals surface area contributed by atoms with Crippen LogP contribution in [0.25, 0.3) is 0 Å². The van der Waals surface area contributed by atoms with Crippen molar-refractivity contribution in [1.29, 1.82) is 0 Å². The Labute approximate surface area is 157 Å².